The van der Waals surface area contributed by atoms with Crippen LogP contribution in [0.4, 0.5) is 0 Å². The summed E-state index contributed by atoms with van der Waals surface area (Å²) in [6.07, 6.45) is 3.28. The van der Waals surface area contributed by atoms with E-state index in [4.69, 9.17) is 0 Å². The molecule has 0 N–H and O–H groups in total. The Hall–Kier alpha value is -4.16. The average Bonchev–Trinajstić information content (AvgIpc) is 3.02. The van der Waals surface area contributed by atoms with Crippen LogP contribution in [0.15, 0.2) is 109 Å². The van der Waals surface area contributed by atoms with Crippen LogP contribution < -0.4 is 10.4 Å². The van der Waals surface area contributed by atoms with E-state index >= 15 is 0 Å². The second-order valence-corrected chi connectivity index (χ2v) is 11.7. The van der Waals surface area contributed by atoms with Gasteiger partial charge in [0.2, 0.25) is 0 Å². The molecular formula is C41H40. The lowest BCUT2D eigenvalue weighted by Gasteiger charge is -2.19. The summed E-state index contributed by atoms with van der Waals surface area (Å²) < 4.78 is 0. The molecule has 0 saturated carbocycles. The quantitative estimate of drug-likeness (QED) is 0.200. The molecule has 0 spiro atoms. The smallest absolute Gasteiger partial charge is 0.00649 e. The zero-order chi connectivity index (χ0) is 28.5. The van der Waals surface area contributed by atoms with Crippen LogP contribution in [0, 0.1) is 6.92 Å². The molecule has 0 radical (unpaired) electrons. The fraction of sp³-hybridized carbons (Fsp3) is 0.220. The number of benzene rings is 6. The van der Waals surface area contributed by atoms with E-state index in [0.29, 0.717) is 5.92 Å². The van der Waals surface area contributed by atoms with Gasteiger partial charge in [-0.15, -0.1) is 0 Å². The highest BCUT2D eigenvalue weighted by Gasteiger charge is 2.15. The molecule has 6 aromatic carbocycles. The topological polar surface area (TPSA) is 0 Å². The van der Waals surface area contributed by atoms with Gasteiger partial charge in [-0.25, -0.2) is 0 Å². The minimum absolute atomic E-state index is 0.479. The first-order valence-electron chi connectivity index (χ1n) is 15.2. The Morgan fingerprint density at radius 2 is 1.20 bits per heavy atom. The minimum Gasteiger partial charge on any atom is -0.0651 e. The molecule has 1 unspecified atom stereocenters. The summed E-state index contributed by atoms with van der Waals surface area (Å²) in [5.41, 5.74) is 8.22. The van der Waals surface area contributed by atoms with Crippen LogP contribution >= 0.6 is 0 Å². The first kappa shape index (κ1) is 27.0. The zero-order valence-electron chi connectivity index (χ0n) is 25.1. The Balaban J connectivity index is 1.74. The SMILES string of the molecule is CCC/C(c1ccc2ccccc2c1)=c1/ccc(C(C)CC)c2/c(=C(\C)c3ccc4ccccc4c3)ccc(C)c12. The van der Waals surface area contributed by atoms with Crippen LogP contribution in [-0.2, 0) is 0 Å². The van der Waals surface area contributed by atoms with Gasteiger partial charge >= 0.3 is 0 Å². The molecular weight excluding hydrogens is 492 g/mol. The van der Waals surface area contributed by atoms with Crippen molar-refractivity contribution in [3.8, 4) is 0 Å². The van der Waals surface area contributed by atoms with Crippen LogP contribution in [0.25, 0.3) is 43.5 Å². The molecule has 0 aliphatic carbocycles. The Morgan fingerprint density at radius 1 is 0.610 bits per heavy atom. The molecule has 1 atom stereocenters. The molecule has 6 rings (SSSR count). The van der Waals surface area contributed by atoms with E-state index in [1.165, 1.54) is 76.2 Å². The van der Waals surface area contributed by atoms with Gasteiger partial charge in [0.1, 0.15) is 0 Å². The lowest BCUT2D eigenvalue weighted by atomic mass is 9.85. The maximum Gasteiger partial charge on any atom is -0.00649 e. The third-order valence-electron chi connectivity index (χ3n) is 9.05. The molecule has 0 heteroatoms. The van der Waals surface area contributed by atoms with E-state index in [1.54, 1.807) is 0 Å². The number of rotatable bonds is 6. The van der Waals surface area contributed by atoms with Crippen LogP contribution in [0.1, 0.15) is 75.1 Å². The Kier molecular flexibility index (Phi) is 7.50. The van der Waals surface area contributed by atoms with Gasteiger partial charge in [-0.2, -0.15) is 0 Å². The van der Waals surface area contributed by atoms with E-state index in [2.05, 4.69) is 144 Å². The van der Waals surface area contributed by atoms with Crippen molar-refractivity contribution in [3.05, 3.63) is 142 Å². The zero-order valence-corrected chi connectivity index (χ0v) is 25.1. The molecule has 0 aliphatic heterocycles. The van der Waals surface area contributed by atoms with Crippen LogP contribution in [0.3, 0.4) is 0 Å². The molecule has 41 heavy (non-hydrogen) atoms. The summed E-state index contributed by atoms with van der Waals surface area (Å²) in [4.78, 5) is 0. The molecule has 0 aromatic heterocycles. The molecule has 0 saturated heterocycles. The largest absolute Gasteiger partial charge is 0.0651 e. The standard InChI is InChI=1S/C41H40/c1-6-12-38(35-21-19-31-14-9-11-16-34(31)26-35)39-24-23-36(27(3)7-2)41-37(22-17-28(4)40(39)41)29(5)32-20-18-30-13-8-10-15-33(30)25-32/h8-11,13-27H,6-7,12H2,1-5H3/b37-29+,39-38+. The number of aryl methyl sites for hydroxylation is 1. The Labute approximate surface area is 244 Å². The summed E-state index contributed by atoms with van der Waals surface area (Å²) in [5.74, 6) is 0.479. The summed E-state index contributed by atoms with van der Waals surface area (Å²) in [6.45, 7) is 11.6. The highest BCUT2D eigenvalue weighted by atomic mass is 14.2. The first-order chi connectivity index (χ1) is 20.0. The van der Waals surface area contributed by atoms with Crippen molar-refractivity contribution in [3.63, 3.8) is 0 Å². The van der Waals surface area contributed by atoms with Crippen LogP contribution in [-0.4, -0.2) is 0 Å². The van der Waals surface area contributed by atoms with Crippen molar-refractivity contribution in [1.29, 1.82) is 0 Å². The highest BCUT2D eigenvalue weighted by Crippen LogP contribution is 2.29. The predicted octanol–water partition coefficient (Wildman–Crippen LogP) is 10.2. The van der Waals surface area contributed by atoms with E-state index in [9.17, 15) is 0 Å². The molecule has 6 aromatic rings. The van der Waals surface area contributed by atoms with Crippen molar-refractivity contribution in [1.82, 2.24) is 0 Å². The Bertz CT molecular complexity index is 2020. The van der Waals surface area contributed by atoms with Gasteiger partial charge in [-0.3, -0.25) is 0 Å². The van der Waals surface area contributed by atoms with Gasteiger partial charge < -0.3 is 0 Å². The molecule has 0 bridgehead atoms. The molecule has 0 amide bonds. The third-order valence-corrected chi connectivity index (χ3v) is 9.05. The molecule has 0 aliphatic rings. The van der Waals surface area contributed by atoms with Crippen molar-refractivity contribution >= 4 is 43.5 Å². The summed E-state index contributed by atoms with van der Waals surface area (Å²) >= 11 is 0. The normalized spacial score (nSPS) is 14.0. The van der Waals surface area contributed by atoms with Crippen LogP contribution in [0.2, 0.25) is 0 Å². The monoisotopic (exact) mass is 532 g/mol. The average molecular weight is 533 g/mol. The second kappa shape index (κ2) is 11.4. The van der Waals surface area contributed by atoms with Crippen molar-refractivity contribution in [2.24, 2.45) is 0 Å². The highest BCUT2D eigenvalue weighted by molar-refractivity contribution is 5.96. The second-order valence-electron chi connectivity index (χ2n) is 11.7. The summed E-state index contributed by atoms with van der Waals surface area (Å²) in [7, 11) is 0. The number of fused-ring (bicyclic) bond motifs is 3. The first-order valence-corrected chi connectivity index (χ1v) is 15.2. The van der Waals surface area contributed by atoms with Gasteiger partial charge in [-0.05, 0) is 121 Å². The Morgan fingerprint density at radius 3 is 1.83 bits per heavy atom. The minimum atomic E-state index is 0.479. The summed E-state index contributed by atoms with van der Waals surface area (Å²) in [6, 6.07) is 40.8. The van der Waals surface area contributed by atoms with Crippen molar-refractivity contribution < 1.29 is 0 Å². The number of hydrogen-bond donors (Lipinski definition) is 0. The maximum atomic E-state index is 2.43. The molecule has 0 nitrogen and oxygen atoms in total. The molecule has 0 fully saturated rings. The summed E-state index contributed by atoms with van der Waals surface area (Å²) in [5, 5.41) is 10.8. The predicted molar refractivity (Wildman–Crippen MR) is 180 cm³/mol. The third kappa shape index (κ3) is 4.97. The number of hydrogen-bond acceptors (Lipinski definition) is 0. The van der Waals surface area contributed by atoms with Crippen molar-refractivity contribution in [2.45, 2.75) is 59.8 Å². The van der Waals surface area contributed by atoms with Gasteiger partial charge in [0, 0.05) is 0 Å². The van der Waals surface area contributed by atoms with Crippen molar-refractivity contribution in [2.75, 3.05) is 0 Å². The van der Waals surface area contributed by atoms with Crippen LogP contribution in [0.5, 0.6) is 0 Å². The van der Waals surface area contributed by atoms with Gasteiger partial charge in [0.15, 0.2) is 0 Å². The lowest BCUT2D eigenvalue weighted by molar-refractivity contribution is 0.739. The maximum absolute atomic E-state index is 2.43. The van der Waals surface area contributed by atoms with Gasteiger partial charge in [0.25, 0.3) is 0 Å². The van der Waals surface area contributed by atoms with E-state index < -0.39 is 0 Å². The lowest BCUT2D eigenvalue weighted by Crippen LogP contribution is -2.18. The molecule has 204 valence electrons. The van der Waals surface area contributed by atoms with E-state index in [1.807, 2.05) is 0 Å². The van der Waals surface area contributed by atoms with Gasteiger partial charge in [0.05, 0.1) is 0 Å². The van der Waals surface area contributed by atoms with E-state index in [-0.39, 0.29) is 0 Å². The van der Waals surface area contributed by atoms with E-state index in [0.717, 1.165) is 19.3 Å². The fourth-order valence-electron chi connectivity index (χ4n) is 6.53. The molecule has 0 heterocycles. The van der Waals surface area contributed by atoms with Gasteiger partial charge in [-0.1, -0.05) is 124 Å². The fourth-order valence-corrected chi connectivity index (χ4v) is 6.53.